The van der Waals surface area contributed by atoms with Gasteiger partial charge in [0.05, 0.1) is 23.8 Å². The molecule has 2 aromatic rings. The van der Waals surface area contributed by atoms with E-state index in [9.17, 15) is 18.3 Å². The number of piperidine rings is 1. The van der Waals surface area contributed by atoms with Crippen LogP contribution in [-0.2, 0) is 20.7 Å². The van der Waals surface area contributed by atoms with Crippen LogP contribution < -0.4 is 5.73 Å². The minimum Gasteiger partial charge on any atom is -0.392 e. The Labute approximate surface area is 240 Å². The summed E-state index contributed by atoms with van der Waals surface area (Å²) < 4.78 is 36.5. The number of methoxy groups -OCH3 is 1. The first-order chi connectivity index (χ1) is 18.8. The first-order valence-electron chi connectivity index (χ1n) is 13.5. The number of amidine groups is 1. The summed E-state index contributed by atoms with van der Waals surface area (Å²) in [6.45, 7) is 6.59. The van der Waals surface area contributed by atoms with E-state index in [2.05, 4.69) is 0 Å². The maximum Gasteiger partial charge on any atom is 0.282 e. The standard InChI is InChI=1S/C27H40N6O5S2/c1-18-22(6-5-12-32(18)40(36,37)31-13-11-21(34)15-31)23-14-24(33(30-23)26(35)27(2,3)17-38-4)39-16-19-7-9-20(10-8-19)25(28)29/h7-10,14,18,21-22,34H,5-6,11-13,15-17H2,1-4H3,(H3,28,29). The number of nitrogens with zero attached hydrogens (tertiary/aromatic N) is 4. The van der Waals surface area contributed by atoms with E-state index >= 15 is 0 Å². The number of ether oxygens (including phenoxy) is 1. The van der Waals surface area contributed by atoms with Gasteiger partial charge in [-0.1, -0.05) is 24.3 Å². The van der Waals surface area contributed by atoms with Gasteiger partial charge in [-0.3, -0.25) is 10.2 Å². The number of hydrogen-bond donors (Lipinski definition) is 3. The maximum absolute atomic E-state index is 13.6. The van der Waals surface area contributed by atoms with Crippen LogP contribution in [0.4, 0.5) is 0 Å². The zero-order chi connectivity index (χ0) is 29.2. The average Bonchev–Trinajstić information content (AvgIpc) is 3.54. The van der Waals surface area contributed by atoms with Gasteiger partial charge in [0.15, 0.2) is 0 Å². The molecular weight excluding hydrogens is 552 g/mol. The van der Waals surface area contributed by atoms with E-state index in [0.29, 0.717) is 48.0 Å². The molecule has 0 bridgehead atoms. The van der Waals surface area contributed by atoms with Gasteiger partial charge in [0.1, 0.15) is 10.9 Å². The molecule has 11 nitrogen and oxygen atoms in total. The number of aliphatic hydroxyl groups excluding tert-OH is 1. The van der Waals surface area contributed by atoms with Crippen LogP contribution in [0.15, 0.2) is 35.4 Å². The van der Waals surface area contributed by atoms with Gasteiger partial charge in [-0.15, -0.1) is 11.8 Å². The molecule has 4 rings (SSSR count). The largest absolute Gasteiger partial charge is 0.392 e. The molecule has 3 unspecified atom stereocenters. The third kappa shape index (κ3) is 6.44. The Morgan fingerprint density at radius 3 is 2.55 bits per heavy atom. The van der Waals surface area contributed by atoms with Crippen molar-refractivity contribution in [3.63, 3.8) is 0 Å². The lowest BCUT2D eigenvalue weighted by molar-refractivity contribution is 0.0513. The molecule has 0 aliphatic carbocycles. The molecule has 0 saturated carbocycles. The van der Waals surface area contributed by atoms with E-state index in [4.69, 9.17) is 21.0 Å². The zero-order valence-electron chi connectivity index (χ0n) is 23.5. The highest BCUT2D eigenvalue weighted by Gasteiger charge is 2.42. The molecule has 220 valence electrons. The number of nitrogens with two attached hydrogens (primary N) is 1. The minimum absolute atomic E-state index is 0.00598. The van der Waals surface area contributed by atoms with Crippen LogP contribution in [0.25, 0.3) is 0 Å². The summed E-state index contributed by atoms with van der Waals surface area (Å²) in [6.07, 6.45) is 1.22. The van der Waals surface area contributed by atoms with Gasteiger partial charge in [-0.2, -0.15) is 26.8 Å². The molecule has 1 aromatic heterocycles. The fourth-order valence-electron chi connectivity index (χ4n) is 5.36. The van der Waals surface area contributed by atoms with Crippen molar-refractivity contribution in [3.8, 4) is 0 Å². The molecule has 40 heavy (non-hydrogen) atoms. The summed E-state index contributed by atoms with van der Waals surface area (Å²) in [5.41, 5.74) is 7.09. The van der Waals surface area contributed by atoms with Gasteiger partial charge in [0, 0.05) is 50.0 Å². The van der Waals surface area contributed by atoms with E-state index in [1.807, 2.05) is 39.0 Å². The molecule has 4 N–H and O–H groups in total. The molecule has 0 spiro atoms. The van der Waals surface area contributed by atoms with E-state index in [1.165, 1.54) is 25.1 Å². The molecule has 2 aliphatic rings. The molecular formula is C27H40N6O5S2. The number of nitrogen functional groups attached to an aromatic ring is 1. The Hall–Kier alpha value is -2.29. The minimum atomic E-state index is -3.73. The summed E-state index contributed by atoms with van der Waals surface area (Å²) in [5, 5.41) is 23.0. The second-order valence-electron chi connectivity index (χ2n) is 11.2. The quantitative estimate of drug-likeness (QED) is 0.216. The molecule has 1 aromatic carbocycles. The predicted octanol–water partition coefficient (Wildman–Crippen LogP) is 2.65. The predicted molar refractivity (Wildman–Crippen MR) is 155 cm³/mol. The summed E-state index contributed by atoms with van der Waals surface area (Å²) in [4.78, 5) is 13.6. The Balaban J connectivity index is 1.62. The van der Waals surface area contributed by atoms with Crippen molar-refractivity contribution in [2.45, 2.75) is 68.9 Å². The second kappa shape index (κ2) is 12.3. The van der Waals surface area contributed by atoms with Crippen molar-refractivity contribution < 1.29 is 23.1 Å². The number of aliphatic hydroxyl groups is 1. The molecule has 3 atom stereocenters. The summed E-state index contributed by atoms with van der Waals surface area (Å²) in [7, 11) is -2.17. The number of nitrogens with one attached hydrogen (secondary N) is 1. The lowest BCUT2D eigenvalue weighted by Crippen LogP contribution is -2.51. The lowest BCUT2D eigenvalue weighted by atomic mass is 9.89. The topological polar surface area (TPSA) is 155 Å². The first kappa shape index (κ1) is 30.7. The fourth-order valence-corrected chi connectivity index (χ4v) is 8.24. The van der Waals surface area contributed by atoms with Gasteiger partial charge in [-0.05, 0) is 51.7 Å². The van der Waals surface area contributed by atoms with Crippen LogP contribution >= 0.6 is 11.8 Å². The zero-order valence-corrected chi connectivity index (χ0v) is 25.2. The number of aromatic nitrogens is 2. The van der Waals surface area contributed by atoms with E-state index in [-0.39, 0.29) is 36.9 Å². The molecule has 3 heterocycles. The van der Waals surface area contributed by atoms with Crippen molar-refractivity contribution in [3.05, 3.63) is 47.2 Å². The van der Waals surface area contributed by atoms with Crippen LogP contribution in [0.5, 0.6) is 0 Å². The van der Waals surface area contributed by atoms with Crippen LogP contribution in [0, 0.1) is 10.8 Å². The van der Waals surface area contributed by atoms with Crippen molar-refractivity contribution in [1.29, 1.82) is 5.41 Å². The van der Waals surface area contributed by atoms with Gasteiger partial charge < -0.3 is 15.6 Å². The molecule has 2 saturated heterocycles. The molecule has 2 aliphatic heterocycles. The first-order valence-corrected chi connectivity index (χ1v) is 15.9. The van der Waals surface area contributed by atoms with Gasteiger partial charge in [0.2, 0.25) is 0 Å². The Kier molecular flexibility index (Phi) is 9.42. The lowest BCUT2D eigenvalue weighted by Gasteiger charge is -2.39. The Morgan fingerprint density at radius 1 is 1.25 bits per heavy atom. The number of carbonyl (C=O) groups excluding carboxylic acids is 1. The highest BCUT2D eigenvalue weighted by atomic mass is 32.2. The average molecular weight is 593 g/mol. The highest BCUT2D eigenvalue weighted by Crippen LogP contribution is 2.37. The maximum atomic E-state index is 13.6. The smallest absolute Gasteiger partial charge is 0.282 e. The van der Waals surface area contributed by atoms with Crippen molar-refractivity contribution in [2.24, 2.45) is 11.1 Å². The van der Waals surface area contributed by atoms with E-state index in [1.54, 1.807) is 19.2 Å². The van der Waals surface area contributed by atoms with Gasteiger partial charge in [-0.25, -0.2) is 0 Å². The third-order valence-corrected chi connectivity index (χ3v) is 10.8. The Bertz CT molecular complexity index is 1330. The molecule has 13 heteroatoms. The molecule has 2 fully saturated rings. The van der Waals surface area contributed by atoms with Crippen molar-refractivity contribution in [1.82, 2.24) is 18.4 Å². The van der Waals surface area contributed by atoms with Gasteiger partial charge >= 0.3 is 0 Å². The Morgan fingerprint density at radius 2 is 1.95 bits per heavy atom. The van der Waals surface area contributed by atoms with Gasteiger partial charge in [0.25, 0.3) is 16.1 Å². The molecule has 0 radical (unpaired) electrons. The SMILES string of the molecule is COCC(C)(C)C(=O)n1nc(C2CCCN(S(=O)(=O)N3CCC(O)C3)C2C)cc1SCc1ccc(C(=N)N)cc1. The summed E-state index contributed by atoms with van der Waals surface area (Å²) in [5.74, 6) is 0.185. The van der Waals surface area contributed by atoms with Crippen molar-refractivity contribution >= 4 is 33.7 Å². The number of hydrogen-bond acceptors (Lipinski definition) is 8. The number of benzene rings is 1. The monoisotopic (exact) mass is 592 g/mol. The third-order valence-electron chi connectivity index (χ3n) is 7.68. The summed E-state index contributed by atoms with van der Waals surface area (Å²) in [6, 6.07) is 8.95. The number of rotatable bonds is 10. The number of thioether (sulfide) groups is 1. The highest BCUT2D eigenvalue weighted by molar-refractivity contribution is 7.98. The van der Waals surface area contributed by atoms with Crippen LogP contribution in [-0.4, -0.2) is 89.2 Å². The number of carbonyl (C=O) groups is 1. The number of β-amino-alcohol motifs (C(OH)–C–C–N with tert-alkyl or cyclic N) is 1. The normalized spacial score (nSPS) is 23.0. The second-order valence-corrected chi connectivity index (χ2v) is 14.1. The van der Waals surface area contributed by atoms with Crippen LogP contribution in [0.2, 0.25) is 0 Å². The fraction of sp³-hybridized carbons (Fsp3) is 0.593. The van der Waals surface area contributed by atoms with E-state index < -0.39 is 21.7 Å². The van der Waals surface area contributed by atoms with Crippen LogP contribution in [0.1, 0.15) is 67.6 Å². The van der Waals surface area contributed by atoms with Crippen molar-refractivity contribution in [2.75, 3.05) is 33.4 Å². The summed E-state index contributed by atoms with van der Waals surface area (Å²) >= 11 is 1.48. The van der Waals surface area contributed by atoms with E-state index in [0.717, 1.165) is 12.0 Å². The molecule has 0 amide bonds. The van der Waals surface area contributed by atoms with Crippen LogP contribution in [0.3, 0.4) is 0 Å².